The smallest absolute Gasteiger partial charge is 0.220 e. The molecule has 0 bridgehead atoms. The quantitative estimate of drug-likeness (QED) is 0.816. The van der Waals surface area contributed by atoms with Crippen molar-refractivity contribution in [3.63, 3.8) is 0 Å². The van der Waals surface area contributed by atoms with Gasteiger partial charge in [0.1, 0.15) is 5.75 Å². The molecule has 1 aromatic rings. The zero-order valence-corrected chi connectivity index (χ0v) is 10.5. The van der Waals surface area contributed by atoms with Crippen LogP contribution in [0.1, 0.15) is 18.4 Å². The summed E-state index contributed by atoms with van der Waals surface area (Å²) < 4.78 is 5.16. The molecule has 0 saturated heterocycles. The summed E-state index contributed by atoms with van der Waals surface area (Å²) in [6, 6.07) is 5.25. The first kappa shape index (κ1) is 13.8. The van der Waals surface area contributed by atoms with Crippen LogP contribution < -0.4 is 10.1 Å². The summed E-state index contributed by atoms with van der Waals surface area (Å²) in [6.45, 7) is 0.391. The van der Waals surface area contributed by atoms with Gasteiger partial charge in [-0.25, -0.2) is 0 Å². The van der Waals surface area contributed by atoms with E-state index >= 15 is 0 Å². The minimum atomic E-state index is -0.0962. The van der Waals surface area contributed by atoms with E-state index in [2.05, 4.69) is 5.32 Å². The second kappa shape index (κ2) is 7.14. The fourth-order valence-corrected chi connectivity index (χ4v) is 1.60. The van der Waals surface area contributed by atoms with E-state index < -0.39 is 0 Å². The summed E-state index contributed by atoms with van der Waals surface area (Å²) in [6.07, 6.45) is 0.790. The van der Waals surface area contributed by atoms with Crippen molar-refractivity contribution in [3.8, 4) is 5.75 Å². The van der Waals surface area contributed by atoms with E-state index in [0.717, 1.165) is 5.56 Å². The van der Waals surface area contributed by atoms with Gasteiger partial charge in [-0.3, -0.25) is 4.79 Å². The van der Waals surface area contributed by atoms with Crippen molar-refractivity contribution in [1.29, 1.82) is 0 Å². The Hall–Kier alpha value is -1.26. The van der Waals surface area contributed by atoms with Gasteiger partial charge in [0.05, 0.1) is 7.11 Å². The number of aliphatic hydroxyl groups is 1. The third kappa shape index (κ3) is 4.63. The van der Waals surface area contributed by atoms with Crippen LogP contribution in [0.4, 0.5) is 0 Å². The second-order valence-corrected chi connectivity index (χ2v) is 4.00. The van der Waals surface area contributed by atoms with Crippen LogP contribution in [0.3, 0.4) is 0 Å². The maximum Gasteiger partial charge on any atom is 0.220 e. The lowest BCUT2D eigenvalue weighted by molar-refractivity contribution is -0.121. The number of nitrogens with one attached hydrogen (secondary N) is 1. The Morgan fingerprint density at radius 3 is 2.94 bits per heavy atom. The van der Waals surface area contributed by atoms with Crippen LogP contribution in [-0.4, -0.2) is 24.7 Å². The number of methoxy groups -OCH3 is 1. The van der Waals surface area contributed by atoms with Gasteiger partial charge in [-0.15, -0.1) is 0 Å². The van der Waals surface area contributed by atoms with Crippen molar-refractivity contribution in [1.82, 2.24) is 5.32 Å². The molecule has 5 heteroatoms. The first-order valence-electron chi connectivity index (χ1n) is 5.37. The summed E-state index contributed by atoms with van der Waals surface area (Å²) >= 11 is 5.87. The standard InChI is InChI=1S/C12H16ClNO3/c1-17-11-5-4-10(13)7-9(11)8-14-12(16)3-2-6-15/h4-5,7,15H,2-3,6,8H2,1H3,(H,14,16). The molecule has 4 nitrogen and oxygen atoms in total. The van der Waals surface area contributed by atoms with E-state index in [4.69, 9.17) is 21.4 Å². The van der Waals surface area contributed by atoms with Gasteiger partial charge in [-0.05, 0) is 24.6 Å². The van der Waals surface area contributed by atoms with Crippen molar-refractivity contribution in [2.24, 2.45) is 0 Å². The molecule has 1 rings (SSSR count). The Bertz CT molecular complexity index is 382. The molecule has 2 N–H and O–H groups in total. The first-order valence-corrected chi connectivity index (χ1v) is 5.75. The topological polar surface area (TPSA) is 58.6 Å². The maximum absolute atomic E-state index is 11.4. The molecule has 0 aliphatic rings. The molecule has 0 atom stereocenters. The normalized spacial score (nSPS) is 10.1. The fourth-order valence-electron chi connectivity index (χ4n) is 1.41. The van der Waals surface area contributed by atoms with Crippen molar-refractivity contribution in [2.45, 2.75) is 19.4 Å². The van der Waals surface area contributed by atoms with E-state index in [0.29, 0.717) is 30.2 Å². The number of carbonyl (C=O) groups excluding carboxylic acids is 1. The van der Waals surface area contributed by atoms with Crippen molar-refractivity contribution in [3.05, 3.63) is 28.8 Å². The van der Waals surface area contributed by atoms with E-state index in [1.807, 2.05) is 0 Å². The summed E-state index contributed by atoms with van der Waals surface area (Å²) in [7, 11) is 1.57. The highest BCUT2D eigenvalue weighted by molar-refractivity contribution is 6.30. The average molecular weight is 258 g/mol. The highest BCUT2D eigenvalue weighted by atomic mass is 35.5. The van der Waals surface area contributed by atoms with Crippen LogP contribution in [0.15, 0.2) is 18.2 Å². The predicted octanol–water partition coefficient (Wildman–Crippen LogP) is 1.74. The van der Waals surface area contributed by atoms with Crippen LogP contribution in [0.5, 0.6) is 5.75 Å². The molecule has 0 aliphatic carbocycles. The molecule has 0 fully saturated rings. The first-order chi connectivity index (χ1) is 8.17. The maximum atomic E-state index is 11.4. The van der Waals surface area contributed by atoms with Crippen LogP contribution in [0.25, 0.3) is 0 Å². The van der Waals surface area contributed by atoms with Gasteiger partial charge in [-0.1, -0.05) is 11.6 Å². The van der Waals surface area contributed by atoms with Crippen LogP contribution >= 0.6 is 11.6 Å². The molecule has 0 aromatic heterocycles. The molecule has 1 aromatic carbocycles. The van der Waals surface area contributed by atoms with Gasteiger partial charge in [0.15, 0.2) is 0 Å². The molecule has 94 valence electrons. The number of aliphatic hydroxyl groups excluding tert-OH is 1. The zero-order valence-electron chi connectivity index (χ0n) is 9.70. The van der Waals surface area contributed by atoms with Crippen molar-refractivity contribution >= 4 is 17.5 Å². The third-order valence-electron chi connectivity index (χ3n) is 2.28. The Balaban J connectivity index is 2.56. The SMILES string of the molecule is COc1ccc(Cl)cc1CNC(=O)CCCO. The molecule has 0 aliphatic heterocycles. The van der Waals surface area contributed by atoms with Crippen molar-refractivity contribution < 1.29 is 14.6 Å². The number of halogens is 1. The van der Waals surface area contributed by atoms with Crippen LogP contribution in [0.2, 0.25) is 5.02 Å². The van der Waals surface area contributed by atoms with E-state index in [-0.39, 0.29) is 12.5 Å². The number of rotatable bonds is 6. The van der Waals surface area contributed by atoms with Gasteiger partial charge in [0.2, 0.25) is 5.91 Å². The lowest BCUT2D eigenvalue weighted by Gasteiger charge is -2.10. The molecular formula is C12H16ClNO3. The number of amides is 1. The van der Waals surface area contributed by atoms with Gasteiger partial charge in [0, 0.05) is 30.2 Å². The number of ether oxygens (including phenoxy) is 1. The molecular weight excluding hydrogens is 242 g/mol. The average Bonchev–Trinajstić information content (AvgIpc) is 2.34. The Kier molecular flexibility index (Phi) is 5.80. The van der Waals surface area contributed by atoms with E-state index in [9.17, 15) is 4.79 Å². The second-order valence-electron chi connectivity index (χ2n) is 3.56. The summed E-state index contributed by atoms with van der Waals surface area (Å²) in [4.78, 5) is 11.4. The highest BCUT2D eigenvalue weighted by Crippen LogP contribution is 2.22. The number of benzene rings is 1. The highest BCUT2D eigenvalue weighted by Gasteiger charge is 2.06. The summed E-state index contributed by atoms with van der Waals surface area (Å²) in [5, 5.41) is 12.0. The molecule has 1 amide bonds. The molecule has 0 saturated carbocycles. The van der Waals surface area contributed by atoms with Gasteiger partial charge >= 0.3 is 0 Å². The summed E-state index contributed by atoms with van der Waals surface area (Å²) in [5.74, 6) is 0.595. The Morgan fingerprint density at radius 2 is 2.29 bits per heavy atom. The third-order valence-corrected chi connectivity index (χ3v) is 2.52. The van der Waals surface area contributed by atoms with E-state index in [1.54, 1.807) is 25.3 Å². The number of hydrogen-bond donors (Lipinski definition) is 2. The van der Waals surface area contributed by atoms with Gasteiger partial charge in [0.25, 0.3) is 0 Å². The summed E-state index contributed by atoms with van der Waals surface area (Å²) in [5.41, 5.74) is 0.831. The van der Waals surface area contributed by atoms with Crippen LogP contribution in [-0.2, 0) is 11.3 Å². The minimum absolute atomic E-state index is 0.0217. The molecule has 0 heterocycles. The molecule has 17 heavy (non-hydrogen) atoms. The minimum Gasteiger partial charge on any atom is -0.496 e. The fraction of sp³-hybridized carbons (Fsp3) is 0.417. The molecule has 0 spiro atoms. The zero-order chi connectivity index (χ0) is 12.7. The van der Waals surface area contributed by atoms with Crippen LogP contribution in [0, 0.1) is 0 Å². The Labute approximate surface area is 106 Å². The predicted molar refractivity (Wildman–Crippen MR) is 66.2 cm³/mol. The van der Waals surface area contributed by atoms with E-state index in [1.165, 1.54) is 0 Å². The molecule has 0 radical (unpaired) electrons. The Morgan fingerprint density at radius 1 is 1.53 bits per heavy atom. The van der Waals surface area contributed by atoms with Gasteiger partial charge < -0.3 is 15.2 Å². The van der Waals surface area contributed by atoms with Crippen molar-refractivity contribution in [2.75, 3.05) is 13.7 Å². The lowest BCUT2D eigenvalue weighted by Crippen LogP contribution is -2.22. The molecule has 0 unspecified atom stereocenters. The van der Waals surface area contributed by atoms with Gasteiger partial charge in [-0.2, -0.15) is 0 Å². The number of hydrogen-bond acceptors (Lipinski definition) is 3. The monoisotopic (exact) mass is 257 g/mol. The lowest BCUT2D eigenvalue weighted by atomic mass is 10.2. The number of carbonyl (C=O) groups is 1. The largest absolute Gasteiger partial charge is 0.496 e.